The number of hydrogen-bond acceptors (Lipinski definition) is 5. The maximum absolute atomic E-state index is 4.20. The molecule has 0 amide bonds. The first-order valence-corrected chi connectivity index (χ1v) is 7.24. The zero-order valence-electron chi connectivity index (χ0n) is 12.7. The minimum atomic E-state index is 0.827. The van der Waals surface area contributed by atoms with Crippen LogP contribution in [-0.2, 0) is 6.54 Å². The van der Waals surface area contributed by atoms with Crippen molar-refractivity contribution in [3.05, 3.63) is 48.3 Å². The summed E-state index contributed by atoms with van der Waals surface area (Å²) in [7, 11) is 4.00. The summed E-state index contributed by atoms with van der Waals surface area (Å²) in [5.74, 6) is 1.69. The summed E-state index contributed by atoms with van der Waals surface area (Å²) in [6.07, 6.45) is 2.64. The first-order chi connectivity index (χ1) is 10.3. The van der Waals surface area contributed by atoms with E-state index in [0.717, 1.165) is 37.7 Å². The lowest BCUT2D eigenvalue weighted by Gasteiger charge is -2.16. The van der Waals surface area contributed by atoms with Crippen LogP contribution in [0.2, 0.25) is 0 Å². The highest BCUT2D eigenvalue weighted by molar-refractivity contribution is 5.45. The Morgan fingerprint density at radius 1 is 1.10 bits per heavy atom. The second-order valence-corrected chi connectivity index (χ2v) is 5.04. The minimum absolute atomic E-state index is 0.827. The molecule has 0 aliphatic heterocycles. The van der Waals surface area contributed by atoms with E-state index in [9.17, 15) is 0 Å². The largest absolute Gasteiger partial charge is 0.373 e. The highest BCUT2D eigenvalue weighted by Gasteiger charge is 2.00. The molecular formula is C16H23N5. The van der Waals surface area contributed by atoms with Crippen LogP contribution in [0, 0.1) is 0 Å². The maximum Gasteiger partial charge on any atom is 0.131 e. The molecule has 0 aliphatic rings. The van der Waals surface area contributed by atoms with E-state index in [1.165, 1.54) is 5.56 Å². The standard InChI is InChI=1S/C16H23N5/c1-17-15-11-16(20-13-19-15)18-9-6-10-21(2)12-14-7-4-3-5-8-14/h3-5,7-8,11,13H,6,9-10,12H2,1-2H3,(H2,17,18,19,20). The Bertz CT molecular complexity index is 529. The molecule has 0 atom stereocenters. The zero-order valence-corrected chi connectivity index (χ0v) is 12.7. The van der Waals surface area contributed by atoms with E-state index in [1.54, 1.807) is 6.33 Å². The number of nitrogens with zero attached hydrogens (tertiary/aromatic N) is 3. The van der Waals surface area contributed by atoms with Crippen molar-refractivity contribution in [2.24, 2.45) is 0 Å². The van der Waals surface area contributed by atoms with Gasteiger partial charge in [-0.15, -0.1) is 0 Å². The van der Waals surface area contributed by atoms with Crippen LogP contribution in [0.1, 0.15) is 12.0 Å². The molecule has 1 heterocycles. The molecule has 112 valence electrons. The lowest BCUT2D eigenvalue weighted by molar-refractivity contribution is 0.325. The van der Waals surface area contributed by atoms with Crippen molar-refractivity contribution >= 4 is 11.6 Å². The summed E-state index contributed by atoms with van der Waals surface area (Å²) in [4.78, 5) is 10.6. The molecule has 2 N–H and O–H groups in total. The predicted molar refractivity (Wildman–Crippen MR) is 87.5 cm³/mol. The summed E-state index contributed by atoms with van der Waals surface area (Å²) in [5.41, 5.74) is 1.35. The Balaban J connectivity index is 1.67. The van der Waals surface area contributed by atoms with Gasteiger partial charge in [-0.3, -0.25) is 0 Å². The molecule has 0 aliphatic carbocycles. The highest BCUT2D eigenvalue weighted by Crippen LogP contribution is 2.07. The number of nitrogens with one attached hydrogen (secondary N) is 2. The van der Waals surface area contributed by atoms with Crippen molar-refractivity contribution in [1.82, 2.24) is 14.9 Å². The van der Waals surface area contributed by atoms with Crippen molar-refractivity contribution in [2.45, 2.75) is 13.0 Å². The monoisotopic (exact) mass is 285 g/mol. The SMILES string of the molecule is CNc1cc(NCCCN(C)Cc2ccccc2)ncn1. The fraction of sp³-hybridized carbons (Fsp3) is 0.375. The van der Waals surface area contributed by atoms with Crippen LogP contribution < -0.4 is 10.6 Å². The second kappa shape index (κ2) is 8.21. The van der Waals surface area contributed by atoms with E-state index in [1.807, 2.05) is 13.1 Å². The van der Waals surface area contributed by atoms with Crippen LogP contribution in [0.3, 0.4) is 0 Å². The molecule has 0 unspecified atom stereocenters. The molecule has 5 nitrogen and oxygen atoms in total. The molecule has 0 fully saturated rings. The molecule has 0 bridgehead atoms. The Hall–Kier alpha value is -2.14. The Morgan fingerprint density at radius 2 is 1.86 bits per heavy atom. The molecule has 1 aromatic heterocycles. The lowest BCUT2D eigenvalue weighted by Crippen LogP contribution is -2.21. The number of anilines is 2. The van der Waals surface area contributed by atoms with Gasteiger partial charge in [-0.1, -0.05) is 30.3 Å². The average molecular weight is 285 g/mol. The van der Waals surface area contributed by atoms with E-state index in [2.05, 4.69) is 62.9 Å². The van der Waals surface area contributed by atoms with Crippen LogP contribution in [-0.4, -0.2) is 42.1 Å². The predicted octanol–water partition coefficient (Wildman–Crippen LogP) is 2.45. The quantitative estimate of drug-likeness (QED) is 0.730. The van der Waals surface area contributed by atoms with Crippen LogP contribution in [0.25, 0.3) is 0 Å². The average Bonchev–Trinajstić information content (AvgIpc) is 2.53. The third kappa shape index (κ3) is 5.39. The van der Waals surface area contributed by atoms with Crippen LogP contribution in [0.15, 0.2) is 42.7 Å². The van der Waals surface area contributed by atoms with E-state index in [4.69, 9.17) is 0 Å². The molecule has 1 aromatic carbocycles. The van der Waals surface area contributed by atoms with E-state index in [-0.39, 0.29) is 0 Å². The molecule has 2 rings (SSSR count). The van der Waals surface area contributed by atoms with Crippen LogP contribution >= 0.6 is 0 Å². The van der Waals surface area contributed by atoms with Crippen LogP contribution in [0.5, 0.6) is 0 Å². The van der Waals surface area contributed by atoms with Crippen molar-refractivity contribution in [2.75, 3.05) is 37.8 Å². The molecule has 21 heavy (non-hydrogen) atoms. The highest BCUT2D eigenvalue weighted by atomic mass is 15.1. The smallest absolute Gasteiger partial charge is 0.131 e. The normalized spacial score (nSPS) is 10.6. The first kappa shape index (κ1) is 15.3. The van der Waals surface area contributed by atoms with E-state index < -0.39 is 0 Å². The van der Waals surface area contributed by atoms with Gasteiger partial charge in [-0.2, -0.15) is 0 Å². The Morgan fingerprint density at radius 3 is 2.62 bits per heavy atom. The van der Waals surface area contributed by atoms with Crippen LogP contribution in [0.4, 0.5) is 11.6 Å². The molecule has 0 saturated heterocycles. The Kier molecular flexibility index (Phi) is 5.97. The van der Waals surface area contributed by atoms with E-state index in [0.29, 0.717) is 0 Å². The summed E-state index contributed by atoms with van der Waals surface area (Å²) >= 11 is 0. The van der Waals surface area contributed by atoms with Gasteiger partial charge in [0, 0.05) is 26.2 Å². The third-order valence-electron chi connectivity index (χ3n) is 3.24. The Labute approximate surface area is 126 Å². The van der Waals surface area contributed by atoms with Gasteiger partial charge in [0.2, 0.25) is 0 Å². The number of hydrogen-bond donors (Lipinski definition) is 2. The number of benzene rings is 1. The van der Waals surface area contributed by atoms with Gasteiger partial charge < -0.3 is 15.5 Å². The van der Waals surface area contributed by atoms with Gasteiger partial charge in [-0.25, -0.2) is 9.97 Å². The summed E-state index contributed by atoms with van der Waals surface area (Å²) in [6, 6.07) is 12.4. The fourth-order valence-electron chi connectivity index (χ4n) is 2.13. The number of aromatic nitrogens is 2. The molecule has 0 radical (unpaired) electrons. The van der Waals surface area contributed by atoms with Gasteiger partial charge in [0.15, 0.2) is 0 Å². The first-order valence-electron chi connectivity index (χ1n) is 7.24. The van der Waals surface area contributed by atoms with Crippen molar-refractivity contribution in [3.8, 4) is 0 Å². The minimum Gasteiger partial charge on any atom is -0.373 e. The second-order valence-electron chi connectivity index (χ2n) is 5.04. The topological polar surface area (TPSA) is 53.1 Å². The lowest BCUT2D eigenvalue weighted by atomic mass is 10.2. The molecule has 0 spiro atoms. The number of rotatable bonds is 8. The molecule has 5 heteroatoms. The van der Waals surface area contributed by atoms with Crippen molar-refractivity contribution in [3.63, 3.8) is 0 Å². The molecule has 2 aromatic rings. The van der Waals surface area contributed by atoms with Gasteiger partial charge in [0.1, 0.15) is 18.0 Å². The van der Waals surface area contributed by atoms with Gasteiger partial charge in [0.25, 0.3) is 0 Å². The van der Waals surface area contributed by atoms with Gasteiger partial charge in [0.05, 0.1) is 0 Å². The zero-order chi connectivity index (χ0) is 14.9. The van der Waals surface area contributed by atoms with Crippen molar-refractivity contribution in [1.29, 1.82) is 0 Å². The van der Waals surface area contributed by atoms with Gasteiger partial charge >= 0.3 is 0 Å². The maximum atomic E-state index is 4.20. The fourth-order valence-corrected chi connectivity index (χ4v) is 2.13. The summed E-state index contributed by atoms with van der Waals surface area (Å²) in [5, 5.41) is 6.32. The molecular weight excluding hydrogens is 262 g/mol. The molecule has 0 saturated carbocycles. The van der Waals surface area contributed by atoms with Crippen molar-refractivity contribution < 1.29 is 0 Å². The third-order valence-corrected chi connectivity index (χ3v) is 3.24. The van der Waals surface area contributed by atoms with Gasteiger partial charge in [-0.05, 0) is 25.6 Å². The summed E-state index contributed by atoms with van der Waals surface area (Å²) < 4.78 is 0. The summed E-state index contributed by atoms with van der Waals surface area (Å²) in [6.45, 7) is 2.93. The van der Waals surface area contributed by atoms with E-state index >= 15 is 0 Å².